The van der Waals surface area contributed by atoms with Crippen molar-refractivity contribution in [1.82, 2.24) is 15.5 Å². The first kappa shape index (κ1) is 23.1. The van der Waals surface area contributed by atoms with Crippen molar-refractivity contribution in [3.05, 3.63) is 83.1 Å². The maximum atomic E-state index is 13.3. The molecular formula is C23H24F2N4O3. The maximum absolute atomic E-state index is 13.3. The molecule has 0 radical (unpaired) electrons. The van der Waals surface area contributed by atoms with Crippen molar-refractivity contribution >= 4 is 17.6 Å². The van der Waals surface area contributed by atoms with Crippen LogP contribution in [0.5, 0.6) is 0 Å². The lowest BCUT2D eigenvalue weighted by molar-refractivity contribution is -0.132. The second-order valence-corrected chi connectivity index (χ2v) is 7.98. The van der Waals surface area contributed by atoms with Crippen LogP contribution in [0.25, 0.3) is 0 Å². The summed E-state index contributed by atoms with van der Waals surface area (Å²) in [7, 11) is 0. The van der Waals surface area contributed by atoms with Gasteiger partial charge in [0.15, 0.2) is 11.9 Å². The first-order chi connectivity index (χ1) is 15.1. The van der Waals surface area contributed by atoms with Gasteiger partial charge in [-0.25, -0.2) is 8.78 Å². The van der Waals surface area contributed by atoms with Crippen molar-refractivity contribution in [2.45, 2.75) is 38.3 Å². The molecule has 0 spiro atoms. The maximum Gasteiger partial charge on any atom is 0.254 e. The molecule has 7 nitrogen and oxygen atoms in total. The van der Waals surface area contributed by atoms with Gasteiger partial charge in [-0.15, -0.1) is 0 Å². The first-order valence-electron chi connectivity index (χ1n) is 9.94. The van der Waals surface area contributed by atoms with Crippen LogP contribution in [0.15, 0.2) is 54.6 Å². The topological polar surface area (TPSA) is 107 Å². The van der Waals surface area contributed by atoms with Crippen LogP contribution in [0.3, 0.4) is 0 Å². The summed E-state index contributed by atoms with van der Waals surface area (Å²) < 4.78 is 26.6. The minimum Gasteiger partial charge on any atom is -0.378 e. The standard InChI is InChI=1S/C23H24F2N4O3/c1-13(26-22(32)20(30)14-9-16(24)11-17(25)10-14)21(31)27-19-12-18(28-29-19)23(2,3)15-7-5-4-6-8-15/h4-13,20,30H,1-3H3,(H,26,32)(H2,27,28,29,31). The molecule has 0 aliphatic carbocycles. The highest BCUT2D eigenvalue weighted by molar-refractivity contribution is 5.97. The second kappa shape index (κ2) is 9.27. The van der Waals surface area contributed by atoms with Gasteiger partial charge in [-0.2, -0.15) is 5.10 Å². The minimum atomic E-state index is -1.83. The number of carbonyl (C=O) groups excluding carboxylic acids is 2. The molecule has 2 aromatic carbocycles. The lowest BCUT2D eigenvalue weighted by atomic mass is 9.82. The summed E-state index contributed by atoms with van der Waals surface area (Å²) in [6, 6.07) is 12.8. The molecule has 0 aliphatic rings. The summed E-state index contributed by atoms with van der Waals surface area (Å²) in [5.74, 6) is -3.13. The van der Waals surface area contributed by atoms with Crippen molar-refractivity contribution in [3.8, 4) is 0 Å². The van der Waals surface area contributed by atoms with E-state index in [0.717, 1.165) is 23.4 Å². The van der Waals surface area contributed by atoms with E-state index in [1.807, 2.05) is 44.2 Å². The van der Waals surface area contributed by atoms with Gasteiger partial charge in [0.1, 0.15) is 17.7 Å². The van der Waals surface area contributed by atoms with Gasteiger partial charge in [-0.3, -0.25) is 14.7 Å². The SMILES string of the molecule is CC(NC(=O)C(O)c1cc(F)cc(F)c1)C(=O)Nc1cc(C(C)(C)c2ccccc2)[nH]n1. The summed E-state index contributed by atoms with van der Waals surface area (Å²) in [4.78, 5) is 24.7. The summed E-state index contributed by atoms with van der Waals surface area (Å²) >= 11 is 0. The minimum absolute atomic E-state index is 0.257. The molecule has 0 saturated carbocycles. The molecule has 2 amide bonds. The highest BCUT2D eigenvalue weighted by Gasteiger charge is 2.27. The van der Waals surface area contributed by atoms with Crippen LogP contribution in [-0.2, 0) is 15.0 Å². The van der Waals surface area contributed by atoms with Crippen LogP contribution in [0.2, 0.25) is 0 Å². The number of H-pyrrole nitrogens is 1. The van der Waals surface area contributed by atoms with Crippen molar-refractivity contribution in [1.29, 1.82) is 0 Å². The molecule has 0 bridgehead atoms. The normalized spacial score (nSPS) is 13.3. The molecule has 4 N–H and O–H groups in total. The summed E-state index contributed by atoms with van der Waals surface area (Å²) in [5.41, 5.74) is 1.19. The Labute approximate surface area is 183 Å². The number of benzene rings is 2. The number of nitrogens with zero attached hydrogens (tertiary/aromatic N) is 1. The third-order valence-corrected chi connectivity index (χ3v) is 5.20. The summed E-state index contributed by atoms with van der Waals surface area (Å²) in [6.07, 6.45) is -1.83. The Hall–Kier alpha value is -3.59. The van der Waals surface area contributed by atoms with Gasteiger partial charge in [0.05, 0.1) is 0 Å². The molecule has 2 unspecified atom stereocenters. The third-order valence-electron chi connectivity index (χ3n) is 5.20. The Bertz CT molecular complexity index is 1100. The number of anilines is 1. The van der Waals surface area contributed by atoms with E-state index < -0.39 is 35.6 Å². The van der Waals surface area contributed by atoms with Crippen LogP contribution >= 0.6 is 0 Å². The van der Waals surface area contributed by atoms with Crippen LogP contribution in [-0.4, -0.2) is 33.2 Å². The molecule has 3 rings (SSSR count). The fourth-order valence-corrected chi connectivity index (χ4v) is 3.19. The number of hydrogen-bond acceptors (Lipinski definition) is 4. The van der Waals surface area contributed by atoms with Crippen LogP contribution in [0.1, 0.15) is 43.7 Å². The van der Waals surface area contributed by atoms with Gasteiger partial charge >= 0.3 is 0 Å². The van der Waals surface area contributed by atoms with Crippen molar-refractivity contribution in [2.75, 3.05) is 5.32 Å². The van der Waals surface area contributed by atoms with E-state index in [4.69, 9.17) is 0 Å². The van der Waals surface area contributed by atoms with Crippen LogP contribution in [0.4, 0.5) is 14.6 Å². The van der Waals surface area contributed by atoms with Crippen LogP contribution in [0, 0.1) is 11.6 Å². The summed E-state index contributed by atoms with van der Waals surface area (Å²) in [5, 5.41) is 22.0. The predicted octanol–water partition coefficient (Wildman–Crippen LogP) is 3.19. The molecule has 1 heterocycles. The summed E-state index contributed by atoms with van der Waals surface area (Å²) in [6.45, 7) is 5.44. The quantitative estimate of drug-likeness (QED) is 0.451. The number of rotatable bonds is 7. The fourth-order valence-electron chi connectivity index (χ4n) is 3.19. The highest BCUT2D eigenvalue weighted by Crippen LogP contribution is 2.31. The van der Waals surface area contributed by atoms with Crippen molar-refractivity contribution in [3.63, 3.8) is 0 Å². The number of aliphatic hydroxyl groups is 1. The number of carbonyl (C=O) groups is 2. The molecule has 3 aromatic rings. The molecule has 0 saturated heterocycles. The lowest BCUT2D eigenvalue weighted by Gasteiger charge is -2.23. The van der Waals surface area contributed by atoms with E-state index in [1.54, 1.807) is 6.07 Å². The highest BCUT2D eigenvalue weighted by atomic mass is 19.1. The van der Waals surface area contributed by atoms with Crippen LogP contribution < -0.4 is 10.6 Å². The van der Waals surface area contributed by atoms with Gasteiger partial charge in [-0.1, -0.05) is 44.2 Å². The number of hydrogen-bond donors (Lipinski definition) is 4. The van der Waals surface area contributed by atoms with Gasteiger partial charge in [0.2, 0.25) is 5.91 Å². The molecule has 1 aromatic heterocycles. The van der Waals surface area contributed by atoms with Crippen molar-refractivity contribution < 1.29 is 23.5 Å². The fraction of sp³-hybridized carbons (Fsp3) is 0.261. The van der Waals surface area contributed by atoms with Gasteiger partial charge in [0.25, 0.3) is 5.91 Å². The number of nitrogens with one attached hydrogen (secondary N) is 3. The Morgan fingerprint density at radius 2 is 1.66 bits per heavy atom. The first-order valence-corrected chi connectivity index (χ1v) is 9.94. The van der Waals surface area contributed by atoms with Gasteiger partial charge in [0, 0.05) is 23.2 Å². The Balaban J connectivity index is 1.63. The number of aliphatic hydroxyl groups excluding tert-OH is 1. The van der Waals surface area contributed by atoms with E-state index in [-0.39, 0.29) is 16.8 Å². The van der Waals surface area contributed by atoms with E-state index in [0.29, 0.717) is 6.07 Å². The van der Waals surface area contributed by atoms with E-state index in [1.165, 1.54) is 6.92 Å². The third kappa shape index (κ3) is 5.17. The Morgan fingerprint density at radius 1 is 1.03 bits per heavy atom. The largest absolute Gasteiger partial charge is 0.378 e. The van der Waals surface area contributed by atoms with E-state index in [2.05, 4.69) is 20.8 Å². The number of aromatic nitrogens is 2. The monoisotopic (exact) mass is 442 g/mol. The Morgan fingerprint density at radius 3 is 2.28 bits per heavy atom. The van der Waals surface area contributed by atoms with Gasteiger partial charge < -0.3 is 15.7 Å². The number of amides is 2. The number of halogens is 2. The average Bonchev–Trinajstić information content (AvgIpc) is 3.22. The molecule has 168 valence electrons. The van der Waals surface area contributed by atoms with E-state index >= 15 is 0 Å². The van der Waals surface area contributed by atoms with Gasteiger partial charge in [-0.05, 0) is 30.2 Å². The molecule has 0 aliphatic heterocycles. The molecule has 2 atom stereocenters. The number of aromatic amines is 1. The lowest BCUT2D eigenvalue weighted by Crippen LogP contribution is -2.43. The zero-order chi connectivity index (χ0) is 23.5. The molecule has 9 heteroatoms. The average molecular weight is 442 g/mol. The van der Waals surface area contributed by atoms with Crippen molar-refractivity contribution in [2.24, 2.45) is 0 Å². The second-order valence-electron chi connectivity index (χ2n) is 7.98. The Kier molecular flexibility index (Phi) is 6.69. The van der Waals surface area contributed by atoms with E-state index in [9.17, 15) is 23.5 Å². The molecular weight excluding hydrogens is 418 g/mol. The predicted molar refractivity (Wildman–Crippen MR) is 115 cm³/mol. The molecule has 32 heavy (non-hydrogen) atoms. The smallest absolute Gasteiger partial charge is 0.254 e. The zero-order valence-electron chi connectivity index (χ0n) is 17.8. The zero-order valence-corrected chi connectivity index (χ0v) is 17.8. The molecule has 0 fully saturated rings.